The fourth-order valence-electron chi connectivity index (χ4n) is 1.64. The summed E-state index contributed by atoms with van der Waals surface area (Å²) in [7, 11) is 0. The lowest BCUT2D eigenvalue weighted by atomic mass is 10.3. The van der Waals surface area contributed by atoms with Gasteiger partial charge in [-0.15, -0.1) is 0 Å². The number of nitriles is 2. The van der Waals surface area contributed by atoms with Gasteiger partial charge in [0.2, 0.25) is 0 Å². The van der Waals surface area contributed by atoms with Gasteiger partial charge in [0.25, 0.3) is 0 Å². The Morgan fingerprint density at radius 3 is 2.42 bits per heavy atom. The standard InChI is InChI=1S/C13H18N6/c1-3-5-11-17-12(16-4-2)10-13(18-11)19(8-6-14)9-7-15/h10H,3-5,8-9H2,1-2H3,(H,16,17,18). The molecule has 0 atom stereocenters. The van der Waals surface area contributed by atoms with Crippen molar-refractivity contribution in [1.82, 2.24) is 9.97 Å². The van der Waals surface area contributed by atoms with Gasteiger partial charge in [0.1, 0.15) is 30.5 Å². The zero-order valence-corrected chi connectivity index (χ0v) is 11.3. The highest BCUT2D eigenvalue weighted by Gasteiger charge is 2.11. The summed E-state index contributed by atoms with van der Waals surface area (Å²) in [5.74, 6) is 2.09. The predicted molar refractivity (Wildman–Crippen MR) is 73.6 cm³/mol. The Morgan fingerprint density at radius 2 is 1.89 bits per heavy atom. The molecule has 1 rings (SSSR count). The highest BCUT2D eigenvalue weighted by atomic mass is 15.2. The van der Waals surface area contributed by atoms with Gasteiger partial charge in [-0.05, 0) is 13.3 Å². The maximum Gasteiger partial charge on any atom is 0.136 e. The van der Waals surface area contributed by atoms with Gasteiger partial charge in [-0.25, -0.2) is 9.97 Å². The molecule has 0 spiro atoms. The molecule has 0 fully saturated rings. The number of hydrogen-bond acceptors (Lipinski definition) is 6. The summed E-state index contributed by atoms with van der Waals surface area (Å²) in [6, 6.07) is 5.87. The van der Waals surface area contributed by atoms with E-state index in [2.05, 4.69) is 22.2 Å². The third kappa shape index (κ3) is 4.44. The second-order valence-corrected chi connectivity index (χ2v) is 3.98. The van der Waals surface area contributed by atoms with E-state index in [4.69, 9.17) is 10.5 Å². The highest BCUT2D eigenvalue weighted by Crippen LogP contribution is 2.16. The van der Waals surface area contributed by atoms with Gasteiger partial charge < -0.3 is 10.2 Å². The van der Waals surface area contributed by atoms with Gasteiger partial charge >= 0.3 is 0 Å². The van der Waals surface area contributed by atoms with Gasteiger partial charge in [-0.1, -0.05) is 6.92 Å². The monoisotopic (exact) mass is 258 g/mol. The Hall–Kier alpha value is -2.34. The molecule has 0 aliphatic rings. The van der Waals surface area contributed by atoms with Gasteiger partial charge in [-0.3, -0.25) is 0 Å². The normalized spacial score (nSPS) is 9.47. The molecule has 0 aromatic carbocycles. The van der Waals surface area contributed by atoms with Crippen LogP contribution in [0.2, 0.25) is 0 Å². The number of hydrogen-bond donors (Lipinski definition) is 1. The van der Waals surface area contributed by atoms with Crippen LogP contribution < -0.4 is 10.2 Å². The zero-order valence-electron chi connectivity index (χ0n) is 11.3. The molecule has 0 unspecified atom stereocenters. The minimum atomic E-state index is 0.141. The average molecular weight is 258 g/mol. The summed E-state index contributed by atoms with van der Waals surface area (Å²) in [4.78, 5) is 10.5. The minimum absolute atomic E-state index is 0.141. The third-order valence-electron chi connectivity index (χ3n) is 2.44. The molecule has 0 saturated carbocycles. The molecule has 0 amide bonds. The van der Waals surface area contributed by atoms with Crippen LogP contribution >= 0.6 is 0 Å². The average Bonchev–Trinajstić information content (AvgIpc) is 2.39. The number of nitrogens with zero attached hydrogens (tertiary/aromatic N) is 5. The van der Waals surface area contributed by atoms with Crippen molar-refractivity contribution in [3.05, 3.63) is 11.9 Å². The number of aryl methyl sites for hydroxylation is 1. The van der Waals surface area contributed by atoms with Crippen LogP contribution in [0.25, 0.3) is 0 Å². The molecule has 6 heteroatoms. The van der Waals surface area contributed by atoms with Crippen molar-refractivity contribution >= 4 is 11.6 Å². The van der Waals surface area contributed by atoms with Crippen LogP contribution in [0.5, 0.6) is 0 Å². The molecule has 100 valence electrons. The molecule has 1 aromatic heterocycles. The van der Waals surface area contributed by atoms with Crippen molar-refractivity contribution in [3.8, 4) is 12.1 Å². The Morgan fingerprint density at radius 1 is 1.21 bits per heavy atom. The Bertz CT molecular complexity index is 445. The van der Waals surface area contributed by atoms with Crippen LogP contribution in [0.15, 0.2) is 6.07 Å². The van der Waals surface area contributed by atoms with Crippen LogP contribution in [0, 0.1) is 22.7 Å². The van der Waals surface area contributed by atoms with Crippen molar-refractivity contribution in [1.29, 1.82) is 10.5 Å². The lowest BCUT2D eigenvalue weighted by Crippen LogP contribution is -2.25. The van der Waals surface area contributed by atoms with E-state index in [-0.39, 0.29) is 13.1 Å². The molecule has 6 nitrogen and oxygen atoms in total. The largest absolute Gasteiger partial charge is 0.370 e. The molecule has 1 N–H and O–H groups in total. The van der Waals surface area contributed by atoms with Gasteiger partial charge in [0, 0.05) is 19.0 Å². The van der Waals surface area contributed by atoms with Gasteiger partial charge in [0.05, 0.1) is 12.1 Å². The molecule has 0 radical (unpaired) electrons. The molecular formula is C13H18N6. The predicted octanol–water partition coefficient (Wildman–Crippen LogP) is 1.71. The molecule has 0 saturated heterocycles. The Balaban J connectivity index is 3.09. The molecule has 1 heterocycles. The highest BCUT2D eigenvalue weighted by molar-refractivity contribution is 5.50. The Kier molecular flexibility index (Phi) is 6.11. The first-order chi connectivity index (χ1) is 9.24. The van der Waals surface area contributed by atoms with Crippen LogP contribution in [-0.2, 0) is 6.42 Å². The summed E-state index contributed by atoms with van der Waals surface area (Å²) in [6.07, 6.45) is 1.73. The van der Waals surface area contributed by atoms with Crippen LogP contribution in [-0.4, -0.2) is 29.6 Å². The van der Waals surface area contributed by atoms with E-state index in [0.717, 1.165) is 31.0 Å². The Labute approximate surface area is 113 Å². The van der Waals surface area contributed by atoms with E-state index < -0.39 is 0 Å². The maximum absolute atomic E-state index is 8.81. The van der Waals surface area contributed by atoms with Gasteiger partial charge in [-0.2, -0.15) is 10.5 Å². The number of anilines is 2. The van der Waals surface area contributed by atoms with Crippen molar-refractivity contribution in [2.24, 2.45) is 0 Å². The first-order valence-electron chi connectivity index (χ1n) is 6.35. The summed E-state index contributed by atoms with van der Waals surface area (Å²) in [6.45, 7) is 5.09. The van der Waals surface area contributed by atoms with E-state index in [1.807, 2.05) is 19.1 Å². The quantitative estimate of drug-likeness (QED) is 0.749. The van der Waals surface area contributed by atoms with Crippen molar-refractivity contribution in [2.75, 3.05) is 29.9 Å². The van der Waals surface area contributed by atoms with Crippen LogP contribution in [0.4, 0.5) is 11.6 Å². The topological polar surface area (TPSA) is 88.6 Å². The SMILES string of the molecule is CCCc1nc(NCC)cc(N(CC#N)CC#N)n1. The number of aromatic nitrogens is 2. The summed E-state index contributed by atoms with van der Waals surface area (Å²) >= 11 is 0. The molecule has 1 aromatic rings. The summed E-state index contributed by atoms with van der Waals surface area (Å²) < 4.78 is 0. The molecule has 19 heavy (non-hydrogen) atoms. The fourth-order valence-corrected chi connectivity index (χ4v) is 1.64. The number of nitrogens with one attached hydrogen (secondary N) is 1. The van der Waals surface area contributed by atoms with E-state index >= 15 is 0 Å². The molecule has 0 bridgehead atoms. The third-order valence-corrected chi connectivity index (χ3v) is 2.44. The van der Waals surface area contributed by atoms with Crippen molar-refractivity contribution in [2.45, 2.75) is 26.7 Å². The fraction of sp³-hybridized carbons (Fsp3) is 0.538. The minimum Gasteiger partial charge on any atom is -0.370 e. The first-order valence-corrected chi connectivity index (χ1v) is 6.35. The zero-order chi connectivity index (χ0) is 14.1. The lowest BCUT2D eigenvalue weighted by molar-refractivity contribution is 0.818. The summed E-state index contributed by atoms with van der Waals surface area (Å²) in [5.41, 5.74) is 0. The van der Waals surface area contributed by atoms with E-state index in [1.54, 1.807) is 11.0 Å². The molecule has 0 aliphatic carbocycles. The maximum atomic E-state index is 8.81. The lowest BCUT2D eigenvalue weighted by Gasteiger charge is -2.18. The van der Waals surface area contributed by atoms with Crippen molar-refractivity contribution in [3.63, 3.8) is 0 Å². The second-order valence-electron chi connectivity index (χ2n) is 3.98. The van der Waals surface area contributed by atoms with E-state index in [0.29, 0.717) is 5.82 Å². The van der Waals surface area contributed by atoms with Gasteiger partial charge in [0.15, 0.2) is 0 Å². The van der Waals surface area contributed by atoms with Crippen LogP contribution in [0.1, 0.15) is 26.1 Å². The first kappa shape index (κ1) is 14.7. The smallest absolute Gasteiger partial charge is 0.136 e. The molecule has 0 aliphatic heterocycles. The number of rotatable bonds is 7. The molecular weight excluding hydrogens is 240 g/mol. The van der Waals surface area contributed by atoms with E-state index in [9.17, 15) is 0 Å². The van der Waals surface area contributed by atoms with Crippen molar-refractivity contribution < 1.29 is 0 Å². The summed E-state index contributed by atoms with van der Waals surface area (Å²) in [5, 5.41) is 20.8. The van der Waals surface area contributed by atoms with E-state index in [1.165, 1.54) is 0 Å². The van der Waals surface area contributed by atoms with Crippen LogP contribution in [0.3, 0.4) is 0 Å². The second kappa shape index (κ2) is 7.88.